The van der Waals surface area contributed by atoms with Gasteiger partial charge in [0.2, 0.25) is 10.0 Å². The monoisotopic (exact) mass is 442 g/mol. The van der Waals surface area contributed by atoms with E-state index in [2.05, 4.69) is 26.8 Å². The second-order valence-corrected chi connectivity index (χ2v) is 9.98. The van der Waals surface area contributed by atoms with Gasteiger partial charge in [0.15, 0.2) is 0 Å². The summed E-state index contributed by atoms with van der Waals surface area (Å²) in [7, 11) is -3.62. The van der Waals surface area contributed by atoms with Crippen molar-refractivity contribution < 1.29 is 13.2 Å². The van der Waals surface area contributed by atoms with Crippen molar-refractivity contribution >= 4 is 27.3 Å². The van der Waals surface area contributed by atoms with Crippen molar-refractivity contribution in [2.45, 2.75) is 24.7 Å². The van der Waals surface area contributed by atoms with Gasteiger partial charge >= 0.3 is 0 Å². The molecule has 8 heteroatoms. The molecule has 2 aromatic carbocycles. The summed E-state index contributed by atoms with van der Waals surface area (Å²) in [6, 6.07) is 14.0. The minimum absolute atomic E-state index is 0.116. The molecule has 1 aliphatic carbocycles. The predicted octanol–water partition coefficient (Wildman–Crippen LogP) is 2.77. The van der Waals surface area contributed by atoms with Crippen molar-refractivity contribution in [2.75, 3.05) is 49.5 Å². The Labute approximate surface area is 184 Å². The summed E-state index contributed by atoms with van der Waals surface area (Å²) in [6.07, 6.45) is 2.13. The molecular formula is C23H30N4O3S. The molecule has 1 amide bonds. The molecule has 166 valence electrons. The van der Waals surface area contributed by atoms with Gasteiger partial charge in [0.05, 0.1) is 16.3 Å². The number of hydrogen-bond acceptors (Lipinski definition) is 5. The van der Waals surface area contributed by atoms with E-state index in [-0.39, 0.29) is 10.8 Å². The van der Waals surface area contributed by atoms with Crippen LogP contribution in [0.25, 0.3) is 0 Å². The molecule has 1 saturated carbocycles. The van der Waals surface area contributed by atoms with Gasteiger partial charge in [-0.2, -0.15) is 0 Å². The molecule has 0 atom stereocenters. The zero-order chi connectivity index (χ0) is 21.8. The van der Waals surface area contributed by atoms with Crippen LogP contribution in [0.3, 0.4) is 0 Å². The molecule has 1 aliphatic heterocycles. The number of sulfonamides is 1. The fourth-order valence-electron chi connectivity index (χ4n) is 3.79. The second-order valence-electron chi connectivity index (χ2n) is 8.22. The Morgan fingerprint density at radius 1 is 1.03 bits per heavy atom. The van der Waals surface area contributed by atoms with Gasteiger partial charge in [-0.15, -0.1) is 0 Å². The van der Waals surface area contributed by atoms with Crippen LogP contribution >= 0.6 is 0 Å². The third kappa shape index (κ3) is 5.44. The van der Waals surface area contributed by atoms with Gasteiger partial charge < -0.3 is 15.1 Å². The van der Waals surface area contributed by atoms with Crippen molar-refractivity contribution in [1.82, 2.24) is 9.62 Å². The number of para-hydroxylation sites is 2. The number of hydrogen-bond donors (Lipinski definition) is 2. The van der Waals surface area contributed by atoms with Crippen molar-refractivity contribution in [3.8, 4) is 0 Å². The maximum Gasteiger partial charge on any atom is 0.255 e. The van der Waals surface area contributed by atoms with E-state index < -0.39 is 10.0 Å². The summed E-state index contributed by atoms with van der Waals surface area (Å²) < 4.78 is 27.8. The standard InChI is InChI=1S/C23H30N4O3S/c1-2-26-12-14-27(15-13-26)22-9-4-3-8-21(22)25-23(28)19-6-5-7-20(16-19)31(29,30)24-17-18-10-11-18/h3-9,16,18,24H,2,10-15,17H2,1H3,(H,25,28). The average Bonchev–Trinajstić information content (AvgIpc) is 3.63. The first-order valence-electron chi connectivity index (χ1n) is 10.9. The molecule has 0 radical (unpaired) electrons. The number of rotatable bonds is 8. The van der Waals surface area contributed by atoms with E-state index in [9.17, 15) is 13.2 Å². The van der Waals surface area contributed by atoms with Crippen molar-refractivity contribution in [3.05, 3.63) is 54.1 Å². The third-order valence-corrected chi connectivity index (χ3v) is 7.40. The van der Waals surface area contributed by atoms with Crippen LogP contribution in [0.2, 0.25) is 0 Å². The van der Waals surface area contributed by atoms with Crippen LogP contribution in [0, 0.1) is 5.92 Å². The Morgan fingerprint density at radius 3 is 2.48 bits per heavy atom. The maximum atomic E-state index is 12.9. The maximum absolute atomic E-state index is 12.9. The number of nitrogens with one attached hydrogen (secondary N) is 2. The molecule has 7 nitrogen and oxygen atoms in total. The highest BCUT2D eigenvalue weighted by atomic mass is 32.2. The minimum Gasteiger partial charge on any atom is -0.367 e. The normalized spacial score (nSPS) is 17.5. The first-order chi connectivity index (χ1) is 15.0. The number of piperazine rings is 1. The quantitative estimate of drug-likeness (QED) is 0.657. The molecule has 1 saturated heterocycles. The molecule has 2 aromatic rings. The van der Waals surface area contributed by atoms with Gasteiger partial charge in [0, 0.05) is 38.3 Å². The summed E-state index contributed by atoms with van der Waals surface area (Å²) in [5, 5.41) is 2.98. The van der Waals surface area contributed by atoms with E-state index in [1.165, 1.54) is 12.1 Å². The Morgan fingerprint density at radius 2 is 1.77 bits per heavy atom. The Hall–Kier alpha value is -2.42. The number of benzene rings is 2. The first kappa shape index (κ1) is 21.8. The lowest BCUT2D eigenvalue weighted by Crippen LogP contribution is -2.46. The van der Waals surface area contributed by atoms with Gasteiger partial charge in [-0.1, -0.05) is 25.1 Å². The summed E-state index contributed by atoms with van der Waals surface area (Å²) in [5.41, 5.74) is 2.04. The summed E-state index contributed by atoms with van der Waals surface area (Å²) in [5.74, 6) is 0.121. The lowest BCUT2D eigenvalue weighted by Gasteiger charge is -2.36. The molecule has 2 fully saturated rings. The van der Waals surface area contributed by atoms with E-state index in [1.807, 2.05) is 24.3 Å². The SMILES string of the molecule is CCN1CCN(c2ccccc2NC(=O)c2cccc(S(=O)(=O)NCC3CC3)c2)CC1. The van der Waals surface area contributed by atoms with Gasteiger partial charge in [-0.05, 0) is 55.6 Å². The fraction of sp³-hybridized carbons (Fsp3) is 0.435. The van der Waals surface area contributed by atoms with Crippen LogP contribution in [-0.4, -0.2) is 58.5 Å². The van der Waals surface area contributed by atoms with Crippen LogP contribution in [0.5, 0.6) is 0 Å². The molecule has 31 heavy (non-hydrogen) atoms. The molecule has 2 N–H and O–H groups in total. The highest BCUT2D eigenvalue weighted by Gasteiger charge is 2.25. The highest BCUT2D eigenvalue weighted by molar-refractivity contribution is 7.89. The Bertz CT molecular complexity index is 1030. The number of carbonyl (C=O) groups excluding carboxylic acids is 1. The molecule has 0 unspecified atom stereocenters. The van der Waals surface area contributed by atoms with Gasteiger partial charge in [-0.25, -0.2) is 13.1 Å². The zero-order valence-electron chi connectivity index (χ0n) is 17.9. The van der Waals surface area contributed by atoms with Crippen LogP contribution < -0.4 is 14.9 Å². The van der Waals surface area contributed by atoms with Crippen LogP contribution in [0.1, 0.15) is 30.1 Å². The zero-order valence-corrected chi connectivity index (χ0v) is 18.7. The van der Waals surface area contributed by atoms with Crippen LogP contribution in [0.15, 0.2) is 53.4 Å². The topological polar surface area (TPSA) is 81.8 Å². The van der Waals surface area contributed by atoms with Gasteiger partial charge in [-0.3, -0.25) is 4.79 Å². The predicted molar refractivity (Wildman–Crippen MR) is 123 cm³/mol. The largest absolute Gasteiger partial charge is 0.367 e. The second kappa shape index (κ2) is 9.38. The third-order valence-electron chi connectivity index (χ3n) is 5.98. The lowest BCUT2D eigenvalue weighted by molar-refractivity contribution is 0.102. The summed E-state index contributed by atoms with van der Waals surface area (Å²) in [4.78, 5) is 17.8. The highest BCUT2D eigenvalue weighted by Crippen LogP contribution is 2.29. The van der Waals surface area contributed by atoms with Crippen molar-refractivity contribution in [1.29, 1.82) is 0 Å². The smallest absolute Gasteiger partial charge is 0.255 e. The fourth-order valence-corrected chi connectivity index (χ4v) is 4.95. The van der Waals surface area contributed by atoms with E-state index >= 15 is 0 Å². The van der Waals surface area contributed by atoms with Crippen molar-refractivity contribution in [2.24, 2.45) is 5.92 Å². The molecule has 0 bridgehead atoms. The molecule has 4 rings (SSSR count). The molecule has 0 spiro atoms. The summed E-state index contributed by atoms with van der Waals surface area (Å²) >= 11 is 0. The molecule has 0 aromatic heterocycles. The molecular weight excluding hydrogens is 412 g/mol. The lowest BCUT2D eigenvalue weighted by atomic mass is 10.1. The Kier molecular flexibility index (Phi) is 6.60. The summed E-state index contributed by atoms with van der Waals surface area (Å²) in [6.45, 7) is 7.46. The van der Waals surface area contributed by atoms with E-state index in [0.717, 1.165) is 56.9 Å². The number of carbonyl (C=O) groups is 1. The van der Waals surface area contributed by atoms with E-state index in [4.69, 9.17) is 0 Å². The average molecular weight is 443 g/mol. The molecule has 1 heterocycles. The Balaban J connectivity index is 1.48. The number of likely N-dealkylation sites (N-methyl/N-ethyl adjacent to an activating group) is 1. The minimum atomic E-state index is -3.62. The van der Waals surface area contributed by atoms with Gasteiger partial charge in [0.25, 0.3) is 5.91 Å². The van der Waals surface area contributed by atoms with Gasteiger partial charge in [0.1, 0.15) is 0 Å². The van der Waals surface area contributed by atoms with E-state index in [0.29, 0.717) is 18.0 Å². The first-order valence-corrected chi connectivity index (χ1v) is 12.4. The van der Waals surface area contributed by atoms with Crippen LogP contribution in [0.4, 0.5) is 11.4 Å². The van der Waals surface area contributed by atoms with Crippen molar-refractivity contribution in [3.63, 3.8) is 0 Å². The molecule has 2 aliphatic rings. The number of anilines is 2. The number of nitrogens with zero attached hydrogens (tertiary/aromatic N) is 2. The van der Waals surface area contributed by atoms with E-state index in [1.54, 1.807) is 12.1 Å². The number of amides is 1. The van der Waals surface area contributed by atoms with Crippen LogP contribution in [-0.2, 0) is 10.0 Å².